The minimum atomic E-state index is -0.956. The van der Waals surface area contributed by atoms with Crippen LogP contribution in [0.4, 0.5) is 5.69 Å². The summed E-state index contributed by atoms with van der Waals surface area (Å²) in [5.41, 5.74) is 2.17. The number of anilines is 1. The molecule has 1 aromatic carbocycles. The molecule has 7 atom stereocenters. The van der Waals surface area contributed by atoms with E-state index in [0.29, 0.717) is 6.61 Å². The van der Waals surface area contributed by atoms with Crippen molar-refractivity contribution in [3.8, 4) is 0 Å². The third-order valence-electron chi connectivity index (χ3n) is 6.91. The molecule has 5 heterocycles. The summed E-state index contributed by atoms with van der Waals surface area (Å²) in [7, 11) is 0. The van der Waals surface area contributed by atoms with Crippen LogP contribution in [0.2, 0.25) is 0 Å². The summed E-state index contributed by atoms with van der Waals surface area (Å²) >= 11 is 0. The van der Waals surface area contributed by atoms with E-state index >= 15 is 0 Å². The highest BCUT2D eigenvalue weighted by Gasteiger charge is 2.74. The molecule has 0 saturated carbocycles. The monoisotopic (exact) mass is 353 g/mol. The van der Waals surface area contributed by atoms with Crippen LogP contribution in [0.1, 0.15) is 23.7 Å². The lowest BCUT2D eigenvalue weighted by Gasteiger charge is -2.44. The van der Waals surface area contributed by atoms with Gasteiger partial charge in [-0.25, -0.2) is 0 Å². The first-order valence-electron chi connectivity index (χ1n) is 9.18. The van der Waals surface area contributed by atoms with Gasteiger partial charge in [0.2, 0.25) is 5.91 Å². The van der Waals surface area contributed by atoms with E-state index in [0.717, 1.165) is 23.2 Å². The second-order valence-corrected chi connectivity index (χ2v) is 8.10. The summed E-state index contributed by atoms with van der Waals surface area (Å²) in [6.07, 6.45) is 4.07. The predicted molar refractivity (Wildman–Crippen MR) is 90.6 cm³/mol. The molecule has 134 valence electrons. The normalized spacial score (nSPS) is 44.0. The molecule has 1 amide bonds. The van der Waals surface area contributed by atoms with Gasteiger partial charge in [0.15, 0.2) is 0 Å². The average Bonchev–Trinajstić information content (AvgIpc) is 3.35. The number of carbonyl (C=O) groups is 2. The van der Waals surface area contributed by atoms with E-state index < -0.39 is 29.5 Å². The van der Waals surface area contributed by atoms with Crippen LogP contribution in [0.5, 0.6) is 0 Å². The SMILES string of the molecule is Cc1ccc2c(c1)[C@@H]1OCC[C@@H]1[C@@H]1N2C(=O)[C@H]2[C@@H](C(=O)O)[C@H]3C=C[C@@]12O3. The van der Waals surface area contributed by atoms with Crippen LogP contribution in [0.3, 0.4) is 0 Å². The van der Waals surface area contributed by atoms with Gasteiger partial charge in [-0.2, -0.15) is 0 Å². The van der Waals surface area contributed by atoms with Crippen LogP contribution in [0.25, 0.3) is 0 Å². The summed E-state index contributed by atoms with van der Waals surface area (Å²) in [6.45, 7) is 2.68. The lowest BCUT2D eigenvalue weighted by atomic mass is 9.70. The Labute approximate surface area is 150 Å². The molecule has 1 N–H and O–H groups in total. The fourth-order valence-electron chi connectivity index (χ4n) is 6.04. The zero-order valence-electron chi connectivity index (χ0n) is 14.3. The number of carboxylic acids is 1. The molecular weight excluding hydrogens is 334 g/mol. The molecule has 0 aromatic heterocycles. The number of fused-ring (bicyclic) bond motifs is 7. The van der Waals surface area contributed by atoms with Crippen molar-refractivity contribution in [2.45, 2.75) is 37.2 Å². The molecule has 6 nitrogen and oxygen atoms in total. The van der Waals surface area contributed by atoms with Gasteiger partial charge in [0.25, 0.3) is 0 Å². The van der Waals surface area contributed by atoms with E-state index in [4.69, 9.17) is 9.47 Å². The van der Waals surface area contributed by atoms with Crippen molar-refractivity contribution in [1.29, 1.82) is 0 Å². The van der Waals surface area contributed by atoms with Crippen LogP contribution < -0.4 is 4.90 Å². The van der Waals surface area contributed by atoms with E-state index in [2.05, 4.69) is 6.07 Å². The maximum absolute atomic E-state index is 13.5. The van der Waals surface area contributed by atoms with E-state index in [1.807, 2.05) is 36.1 Å². The molecular formula is C20H19NO5. The van der Waals surface area contributed by atoms with Gasteiger partial charge in [-0.3, -0.25) is 9.59 Å². The third-order valence-corrected chi connectivity index (χ3v) is 6.91. The number of hydrogen-bond donors (Lipinski definition) is 1. The van der Waals surface area contributed by atoms with Crippen LogP contribution in [-0.2, 0) is 19.1 Å². The van der Waals surface area contributed by atoms with Crippen LogP contribution in [0, 0.1) is 24.7 Å². The topological polar surface area (TPSA) is 76.1 Å². The number of benzene rings is 1. The molecule has 0 aliphatic carbocycles. The van der Waals surface area contributed by atoms with Gasteiger partial charge in [-0.05, 0) is 19.4 Å². The zero-order valence-corrected chi connectivity index (χ0v) is 14.3. The van der Waals surface area contributed by atoms with Crippen molar-refractivity contribution in [2.24, 2.45) is 17.8 Å². The molecule has 6 rings (SSSR count). The van der Waals surface area contributed by atoms with Gasteiger partial charge in [0.1, 0.15) is 11.5 Å². The van der Waals surface area contributed by atoms with Crippen molar-refractivity contribution in [1.82, 2.24) is 0 Å². The Kier molecular flexibility index (Phi) is 2.62. The lowest BCUT2D eigenvalue weighted by Crippen LogP contribution is -2.53. The maximum Gasteiger partial charge on any atom is 0.310 e. The van der Waals surface area contributed by atoms with Crippen molar-refractivity contribution >= 4 is 17.6 Å². The minimum Gasteiger partial charge on any atom is -0.481 e. The van der Waals surface area contributed by atoms with E-state index in [-0.39, 0.29) is 24.0 Å². The summed E-state index contributed by atoms with van der Waals surface area (Å²) in [5, 5.41) is 9.74. The Morgan fingerprint density at radius 1 is 1.38 bits per heavy atom. The highest BCUT2D eigenvalue weighted by atomic mass is 16.5. The highest BCUT2D eigenvalue weighted by molar-refractivity contribution is 6.04. The summed E-state index contributed by atoms with van der Waals surface area (Å²) in [6, 6.07) is 5.86. The van der Waals surface area contributed by atoms with Gasteiger partial charge in [0, 0.05) is 23.8 Å². The molecule has 3 fully saturated rings. The number of aryl methyl sites for hydroxylation is 1. The fourth-order valence-corrected chi connectivity index (χ4v) is 6.04. The molecule has 26 heavy (non-hydrogen) atoms. The van der Waals surface area contributed by atoms with Crippen LogP contribution >= 0.6 is 0 Å². The molecule has 3 saturated heterocycles. The number of ether oxygens (including phenoxy) is 2. The van der Waals surface area contributed by atoms with Gasteiger partial charge in [-0.1, -0.05) is 29.8 Å². The number of amides is 1. The molecule has 5 aliphatic heterocycles. The van der Waals surface area contributed by atoms with Crippen molar-refractivity contribution < 1.29 is 24.2 Å². The second kappa shape index (κ2) is 4.56. The van der Waals surface area contributed by atoms with Crippen LogP contribution in [-0.4, -0.2) is 41.3 Å². The van der Waals surface area contributed by atoms with Gasteiger partial charge in [-0.15, -0.1) is 0 Å². The second-order valence-electron chi connectivity index (χ2n) is 8.10. The molecule has 6 heteroatoms. The van der Waals surface area contributed by atoms with Crippen molar-refractivity contribution in [3.05, 3.63) is 41.5 Å². The minimum absolute atomic E-state index is 0.0630. The number of aliphatic carboxylic acids is 1. The average molecular weight is 353 g/mol. The molecule has 0 unspecified atom stereocenters. The summed E-state index contributed by atoms with van der Waals surface area (Å²) in [5.74, 6) is -2.43. The maximum atomic E-state index is 13.5. The number of carboxylic acid groups (broad SMARTS) is 1. The van der Waals surface area contributed by atoms with Crippen molar-refractivity contribution in [3.63, 3.8) is 0 Å². The highest BCUT2D eigenvalue weighted by Crippen LogP contribution is 2.62. The third kappa shape index (κ3) is 1.48. The van der Waals surface area contributed by atoms with E-state index in [1.165, 1.54) is 0 Å². The van der Waals surface area contributed by atoms with E-state index in [1.54, 1.807) is 0 Å². The number of carbonyl (C=O) groups excluding carboxylic acids is 1. The van der Waals surface area contributed by atoms with E-state index in [9.17, 15) is 14.7 Å². The smallest absolute Gasteiger partial charge is 0.310 e. The van der Waals surface area contributed by atoms with Crippen LogP contribution in [0.15, 0.2) is 30.4 Å². The molecule has 1 spiro atoms. The number of hydrogen-bond acceptors (Lipinski definition) is 4. The summed E-state index contributed by atoms with van der Waals surface area (Å²) in [4.78, 5) is 27.2. The first-order chi connectivity index (χ1) is 12.5. The Bertz CT molecular complexity index is 894. The van der Waals surface area contributed by atoms with Gasteiger partial charge < -0.3 is 19.5 Å². The number of nitrogens with zero attached hydrogens (tertiary/aromatic N) is 1. The number of rotatable bonds is 1. The first kappa shape index (κ1) is 14.9. The fraction of sp³-hybridized carbons (Fsp3) is 0.500. The molecule has 2 bridgehead atoms. The first-order valence-corrected chi connectivity index (χ1v) is 9.18. The zero-order chi connectivity index (χ0) is 17.8. The van der Waals surface area contributed by atoms with Crippen molar-refractivity contribution in [2.75, 3.05) is 11.5 Å². The largest absolute Gasteiger partial charge is 0.481 e. The Hall–Kier alpha value is -2.18. The van der Waals surface area contributed by atoms with Gasteiger partial charge >= 0.3 is 5.97 Å². The quantitative estimate of drug-likeness (QED) is 0.780. The Morgan fingerprint density at radius 2 is 2.23 bits per heavy atom. The summed E-state index contributed by atoms with van der Waals surface area (Å²) < 4.78 is 12.3. The standard InChI is InChI=1S/C20H19NO5/c1-9-2-3-12-11(8-9)16-10(5-7-25-16)17-20-6-4-13(26-20)14(19(23)24)15(20)18(22)21(12)17/h2-4,6,8,10,13-17H,5,7H2,1H3,(H,23,24)/t10-,13+,14-,15+,16+,17-,20-/m0/s1. The molecule has 0 radical (unpaired) electrons. The predicted octanol–water partition coefficient (Wildman–Crippen LogP) is 1.83. The molecule has 1 aromatic rings. The lowest BCUT2D eigenvalue weighted by molar-refractivity contribution is -0.146. The van der Waals surface area contributed by atoms with Gasteiger partial charge in [0.05, 0.1) is 24.2 Å². The Morgan fingerprint density at radius 3 is 3.04 bits per heavy atom. The Balaban J connectivity index is 1.59. The molecule has 5 aliphatic rings.